The molecule has 2 aromatic rings. The molecule has 0 bridgehead atoms. The number of aromatic nitrogens is 2. The topological polar surface area (TPSA) is 67.9 Å². The van der Waals surface area contributed by atoms with Crippen LogP contribution in [0.5, 0.6) is 0 Å². The fraction of sp³-hybridized carbons (Fsp3) is 0.154. The summed E-state index contributed by atoms with van der Waals surface area (Å²) in [4.78, 5) is 15.9. The summed E-state index contributed by atoms with van der Waals surface area (Å²) >= 11 is 0. The van der Waals surface area contributed by atoms with E-state index in [0.29, 0.717) is 23.7 Å². The van der Waals surface area contributed by atoms with Crippen molar-refractivity contribution in [2.24, 2.45) is 0 Å². The molecule has 0 aliphatic heterocycles. The molecule has 0 aliphatic carbocycles. The van der Waals surface area contributed by atoms with Crippen molar-refractivity contribution in [3.63, 3.8) is 0 Å². The van der Waals surface area contributed by atoms with E-state index in [0.717, 1.165) is 0 Å². The van der Waals surface area contributed by atoms with E-state index in [-0.39, 0.29) is 0 Å². The lowest BCUT2D eigenvalue weighted by molar-refractivity contribution is 0.0526. The first kappa shape index (κ1) is 11.9. The molecule has 0 spiro atoms. The van der Waals surface area contributed by atoms with E-state index < -0.39 is 5.97 Å². The van der Waals surface area contributed by atoms with Gasteiger partial charge in [-0.3, -0.25) is 4.57 Å². The minimum absolute atomic E-state index is 0.296. The van der Waals surface area contributed by atoms with E-state index in [2.05, 4.69) is 4.98 Å². The van der Waals surface area contributed by atoms with Gasteiger partial charge in [-0.25, -0.2) is 9.78 Å². The van der Waals surface area contributed by atoms with Crippen molar-refractivity contribution < 1.29 is 9.53 Å². The second-order valence-corrected chi connectivity index (χ2v) is 3.47. The van der Waals surface area contributed by atoms with Crippen molar-refractivity contribution in [3.8, 4) is 11.9 Å². The highest BCUT2D eigenvalue weighted by Gasteiger charge is 2.15. The van der Waals surface area contributed by atoms with E-state index in [4.69, 9.17) is 10.00 Å². The third-order valence-electron chi connectivity index (χ3n) is 2.37. The molecule has 0 saturated heterocycles. The summed E-state index contributed by atoms with van der Waals surface area (Å²) in [5.74, 6) is -0.0457. The molecule has 2 aromatic heterocycles. The maximum atomic E-state index is 11.8. The average molecular weight is 241 g/mol. The van der Waals surface area contributed by atoms with Crippen molar-refractivity contribution >= 4 is 5.97 Å². The normalized spacial score (nSPS) is 9.78. The monoisotopic (exact) mass is 241 g/mol. The van der Waals surface area contributed by atoms with Gasteiger partial charge in [0.05, 0.1) is 6.61 Å². The molecule has 0 saturated carbocycles. The zero-order valence-corrected chi connectivity index (χ0v) is 9.83. The molecule has 2 heterocycles. The van der Waals surface area contributed by atoms with Gasteiger partial charge in [0.25, 0.3) is 0 Å². The van der Waals surface area contributed by atoms with Crippen LogP contribution in [0.15, 0.2) is 36.7 Å². The van der Waals surface area contributed by atoms with Gasteiger partial charge < -0.3 is 4.74 Å². The smallest absolute Gasteiger partial charge is 0.341 e. The predicted molar refractivity (Wildman–Crippen MR) is 64.2 cm³/mol. The zero-order valence-electron chi connectivity index (χ0n) is 9.83. The maximum absolute atomic E-state index is 11.8. The summed E-state index contributed by atoms with van der Waals surface area (Å²) in [6, 6.07) is 8.71. The first-order chi connectivity index (χ1) is 8.77. The number of carbonyl (C=O) groups is 1. The van der Waals surface area contributed by atoms with Gasteiger partial charge in [0.1, 0.15) is 17.3 Å². The highest BCUT2D eigenvalue weighted by atomic mass is 16.5. The van der Waals surface area contributed by atoms with Crippen LogP contribution in [0.3, 0.4) is 0 Å². The summed E-state index contributed by atoms with van der Waals surface area (Å²) in [5, 5.41) is 8.99. The third kappa shape index (κ3) is 2.09. The Morgan fingerprint density at radius 3 is 3.06 bits per heavy atom. The largest absolute Gasteiger partial charge is 0.462 e. The van der Waals surface area contributed by atoms with Gasteiger partial charge in [-0.2, -0.15) is 5.26 Å². The van der Waals surface area contributed by atoms with Gasteiger partial charge in [0, 0.05) is 12.4 Å². The Hall–Kier alpha value is -2.61. The molecule has 2 rings (SSSR count). The number of nitrogens with zero attached hydrogens (tertiary/aromatic N) is 3. The van der Waals surface area contributed by atoms with E-state index in [9.17, 15) is 4.79 Å². The first-order valence-corrected chi connectivity index (χ1v) is 5.48. The maximum Gasteiger partial charge on any atom is 0.341 e. The van der Waals surface area contributed by atoms with Crippen LogP contribution in [-0.4, -0.2) is 22.1 Å². The molecule has 0 aliphatic rings. The number of carbonyl (C=O) groups excluding carboxylic acids is 1. The van der Waals surface area contributed by atoms with Crippen LogP contribution in [0.25, 0.3) is 5.82 Å². The Kier molecular flexibility index (Phi) is 3.39. The van der Waals surface area contributed by atoms with Crippen LogP contribution in [-0.2, 0) is 4.74 Å². The first-order valence-electron chi connectivity index (χ1n) is 5.48. The molecular weight excluding hydrogens is 230 g/mol. The lowest BCUT2D eigenvalue weighted by atomic mass is 10.2. The minimum Gasteiger partial charge on any atom is -0.462 e. The lowest BCUT2D eigenvalue weighted by Crippen LogP contribution is -2.11. The quantitative estimate of drug-likeness (QED) is 0.770. The molecular formula is C13H11N3O2. The molecule has 5 nitrogen and oxygen atoms in total. The van der Waals surface area contributed by atoms with Crippen LogP contribution in [0.2, 0.25) is 0 Å². The van der Waals surface area contributed by atoms with Crippen LogP contribution in [0, 0.1) is 11.3 Å². The Bertz CT molecular complexity index is 611. The summed E-state index contributed by atoms with van der Waals surface area (Å²) in [7, 11) is 0. The average Bonchev–Trinajstić information content (AvgIpc) is 2.87. The number of pyridine rings is 1. The number of nitriles is 1. The molecule has 5 heteroatoms. The minimum atomic E-state index is -0.446. The van der Waals surface area contributed by atoms with Crippen LogP contribution in [0.1, 0.15) is 23.0 Å². The number of rotatable bonds is 3. The van der Waals surface area contributed by atoms with Crippen LogP contribution < -0.4 is 0 Å². The second-order valence-electron chi connectivity index (χ2n) is 3.47. The number of esters is 1. The van der Waals surface area contributed by atoms with E-state index in [1.54, 1.807) is 48.1 Å². The van der Waals surface area contributed by atoms with Crippen molar-refractivity contribution in [2.75, 3.05) is 6.61 Å². The van der Waals surface area contributed by atoms with Gasteiger partial charge >= 0.3 is 5.97 Å². The molecule has 0 aromatic carbocycles. The van der Waals surface area contributed by atoms with Crippen molar-refractivity contribution in [2.45, 2.75) is 6.92 Å². The van der Waals surface area contributed by atoms with E-state index in [1.807, 2.05) is 6.07 Å². The Balaban J connectivity index is 2.52. The lowest BCUT2D eigenvalue weighted by Gasteiger charge is -2.09. The fourth-order valence-electron chi connectivity index (χ4n) is 1.61. The number of hydrogen-bond acceptors (Lipinski definition) is 4. The molecule has 90 valence electrons. The van der Waals surface area contributed by atoms with Crippen molar-refractivity contribution in [1.82, 2.24) is 9.55 Å². The number of hydrogen-bond donors (Lipinski definition) is 0. The summed E-state index contributed by atoms with van der Waals surface area (Å²) in [6.07, 6.45) is 3.25. The third-order valence-corrected chi connectivity index (χ3v) is 2.37. The predicted octanol–water partition coefficient (Wildman–Crippen LogP) is 1.92. The number of ether oxygens (including phenoxy) is 1. The Morgan fingerprint density at radius 1 is 1.50 bits per heavy atom. The van der Waals surface area contributed by atoms with Crippen molar-refractivity contribution in [3.05, 3.63) is 47.9 Å². The molecule has 0 N–H and O–H groups in total. The van der Waals surface area contributed by atoms with Crippen LogP contribution >= 0.6 is 0 Å². The molecule has 0 radical (unpaired) electrons. The Labute approximate surface area is 104 Å². The Morgan fingerprint density at radius 2 is 2.33 bits per heavy atom. The van der Waals surface area contributed by atoms with Gasteiger partial charge in [0.15, 0.2) is 5.82 Å². The van der Waals surface area contributed by atoms with Crippen LogP contribution in [0.4, 0.5) is 0 Å². The standard InChI is InChI=1S/C13H11N3O2/c1-2-18-13(17)11-6-3-7-15-12(11)16-8-4-5-10(16)9-14/h3-8H,2H2,1H3. The van der Waals surface area contributed by atoms with Gasteiger partial charge in [-0.05, 0) is 31.2 Å². The summed E-state index contributed by atoms with van der Waals surface area (Å²) < 4.78 is 6.53. The highest BCUT2D eigenvalue weighted by molar-refractivity contribution is 5.92. The van der Waals surface area contributed by atoms with Gasteiger partial charge in [-0.15, -0.1) is 0 Å². The zero-order chi connectivity index (χ0) is 13.0. The fourth-order valence-corrected chi connectivity index (χ4v) is 1.61. The molecule has 0 atom stereocenters. The van der Waals surface area contributed by atoms with E-state index in [1.165, 1.54) is 0 Å². The van der Waals surface area contributed by atoms with Gasteiger partial charge in [0.2, 0.25) is 0 Å². The molecule has 0 fully saturated rings. The molecule has 0 unspecified atom stereocenters. The van der Waals surface area contributed by atoms with E-state index >= 15 is 0 Å². The summed E-state index contributed by atoms with van der Waals surface area (Å²) in [5.41, 5.74) is 0.756. The second kappa shape index (κ2) is 5.15. The van der Waals surface area contributed by atoms with Crippen molar-refractivity contribution in [1.29, 1.82) is 5.26 Å². The summed E-state index contributed by atoms with van der Waals surface area (Å²) in [6.45, 7) is 2.04. The highest BCUT2D eigenvalue weighted by Crippen LogP contribution is 2.15. The molecule has 18 heavy (non-hydrogen) atoms. The molecule has 0 amide bonds. The SMILES string of the molecule is CCOC(=O)c1cccnc1-n1cccc1C#N. The van der Waals surface area contributed by atoms with Gasteiger partial charge in [-0.1, -0.05) is 0 Å².